The number of benzene rings is 1. The molecule has 0 radical (unpaired) electrons. The Morgan fingerprint density at radius 2 is 1.78 bits per heavy atom. The summed E-state index contributed by atoms with van der Waals surface area (Å²) in [6.45, 7) is 2.93. The molecule has 1 aromatic carbocycles. The lowest BCUT2D eigenvalue weighted by Crippen LogP contribution is -2.02. The predicted molar refractivity (Wildman–Crippen MR) is 86.9 cm³/mol. The fourth-order valence-corrected chi connectivity index (χ4v) is 2.14. The Kier molecular flexibility index (Phi) is 7.53. The molecule has 0 aliphatic carbocycles. The van der Waals surface area contributed by atoms with E-state index in [0.29, 0.717) is 18.6 Å². The third kappa shape index (κ3) is 6.78. The summed E-state index contributed by atoms with van der Waals surface area (Å²) >= 11 is 0. The van der Waals surface area contributed by atoms with Crippen LogP contribution in [0.1, 0.15) is 42.1 Å². The second-order valence-corrected chi connectivity index (χ2v) is 5.04. The van der Waals surface area contributed by atoms with Gasteiger partial charge in [0, 0.05) is 36.4 Å². The molecule has 1 heterocycles. The van der Waals surface area contributed by atoms with Gasteiger partial charge in [-0.25, -0.2) is 9.59 Å². The fourth-order valence-electron chi connectivity index (χ4n) is 2.14. The van der Waals surface area contributed by atoms with Gasteiger partial charge in [0.1, 0.15) is 0 Å². The minimum atomic E-state index is -1.26. The van der Waals surface area contributed by atoms with E-state index in [2.05, 4.69) is 11.4 Å². The van der Waals surface area contributed by atoms with Crippen LogP contribution in [-0.2, 0) is 16.0 Å². The van der Waals surface area contributed by atoms with E-state index >= 15 is 0 Å². The largest absolute Gasteiger partial charge is 0.478 e. The summed E-state index contributed by atoms with van der Waals surface area (Å²) in [5.41, 5.74) is 3.35. The predicted octanol–water partition coefficient (Wildman–Crippen LogP) is 2.74. The van der Waals surface area contributed by atoms with E-state index in [1.54, 1.807) is 0 Å². The molecule has 6 heteroatoms. The number of ketones is 1. The van der Waals surface area contributed by atoms with Crippen LogP contribution in [0.15, 0.2) is 30.4 Å². The average Bonchev–Trinajstić information content (AvgIpc) is 2.77. The maximum absolute atomic E-state index is 11.6. The topological polar surface area (TPSA) is 104 Å². The summed E-state index contributed by atoms with van der Waals surface area (Å²) in [4.78, 5) is 30.7. The molecule has 0 spiro atoms. The van der Waals surface area contributed by atoms with Gasteiger partial charge < -0.3 is 15.5 Å². The van der Waals surface area contributed by atoms with Crippen LogP contribution >= 0.6 is 0 Å². The van der Waals surface area contributed by atoms with Gasteiger partial charge in [-0.15, -0.1) is 0 Å². The number of anilines is 1. The van der Waals surface area contributed by atoms with Crippen LogP contribution in [0.4, 0.5) is 5.69 Å². The molecule has 0 bridgehead atoms. The van der Waals surface area contributed by atoms with Gasteiger partial charge in [0.15, 0.2) is 5.78 Å². The van der Waals surface area contributed by atoms with E-state index < -0.39 is 11.9 Å². The molecule has 6 nitrogen and oxygen atoms in total. The van der Waals surface area contributed by atoms with E-state index in [1.807, 2.05) is 19.1 Å². The molecule has 0 atom stereocenters. The minimum absolute atomic E-state index is 0.226. The molecular formula is C17H21NO5. The molecule has 1 aliphatic rings. The molecule has 3 N–H and O–H groups in total. The van der Waals surface area contributed by atoms with Crippen molar-refractivity contribution >= 4 is 23.4 Å². The third-order valence-corrected chi connectivity index (χ3v) is 3.31. The van der Waals surface area contributed by atoms with E-state index in [1.165, 1.54) is 18.4 Å². The summed E-state index contributed by atoms with van der Waals surface area (Å²) in [5, 5.41) is 19.0. The standard InChI is InChI=1S/C13H17NO.C4H4O4/c1-2-13(15)11-7-6-10-5-3-4-8-14-12(10)9-11;5-3(6)1-2-4(7)8/h6-7,9,14H,2-5,8H2,1H3;1-2H,(H,5,6)(H,7,8). The van der Waals surface area contributed by atoms with Crippen LogP contribution in [0.25, 0.3) is 0 Å². The number of fused-ring (bicyclic) bond motifs is 1. The summed E-state index contributed by atoms with van der Waals surface area (Å²) < 4.78 is 0. The lowest BCUT2D eigenvalue weighted by atomic mass is 10.0. The van der Waals surface area contributed by atoms with Crippen LogP contribution in [0.5, 0.6) is 0 Å². The molecule has 0 saturated heterocycles. The number of carbonyl (C=O) groups excluding carboxylic acids is 1. The number of carbonyl (C=O) groups is 3. The SMILES string of the molecule is CCC(=O)c1ccc2c(c1)NCCCC2.O=C(O)C=CC(=O)O. The summed E-state index contributed by atoms with van der Waals surface area (Å²) in [5.74, 6) is -2.29. The first-order chi connectivity index (χ1) is 10.9. The van der Waals surface area contributed by atoms with Crippen molar-refractivity contribution in [1.82, 2.24) is 0 Å². The number of nitrogens with one attached hydrogen (secondary N) is 1. The first-order valence-corrected chi connectivity index (χ1v) is 7.48. The fraction of sp³-hybridized carbons (Fsp3) is 0.353. The van der Waals surface area contributed by atoms with Crippen molar-refractivity contribution in [1.29, 1.82) is 0 Å². The van der Waals surface area contributed by atoms with Crippen LogP contribution < -0.4 is 5.32 Å². The Hall–Kier alpha value is -2.63. The van der Waals surface area contributed by atoms with Gasteiger partial charge in [-0.3, -0.25) is 4.79 Å². The summed E-state index contributed by atoms with van der Waals surface area (Å²) in [6, 6.07) is 6.06. The molecule has 1 aromatic rings. The van der Waals surface area contributed by atoms with Crippen molar-refractivity contribution in [3.8, 4) is 0 Å². The zero-order chi connectivity index (χ0) is 17.2. The number of carboxylic acids is 2. The van der Waals surface area contributed by atoms with Gasteiger partial charge in [-0.05, 0) is 30.9 Å². The number of hydrogen-bond acceptors (Lipinski definition) is 4. The second kappa shape index (κ2) is 9.40. The molecule has 0 fully saturated rings. The highest BCUT2D eigenvalue weighted by atomic mass is 16.4. The van der Waals surface area contributed by atoms with Crippen LogP contribution in [0, 0.1) is 0 Å². The van der Waals surface area contributed by atoms with Crippen LogP contribution in [0.3, 0.4) is 0 Å². The molecule has 0 saturated carbocycles. The molecule has 1 aliphatic heterocycles. The maximum Gasteiger partial charge on any atom is 0.328 e. The number of carboxylic acid groups (broad SMARTS) is 2. The van der Waals surface area contributed by atoms with Crippen molar-refractivity contribution in [2.45, 2.75) is 32.6 Å². The maximum atomic E-state index is 11.6. The van der Waals surface area contributed by atoms with Crippen molar-refractivity contribution in [2.75, 3.05) is 11.9 Å². The number of aliphatic carboxylic acids is 2. The third-order valence-electron chi connectivity index (χ3n) is 3.31. The highest BCUT2D eigenvalue weighted by molar-refractivity contribution is 5.96. The molecule has 0 aromatic heterocycles. The zero-order valence-corrected chi connectivity index (χ0v) is 13.0. The Bertz CT molecular complexity index is 591. The summed E-state index contributed by atoms with van der Waals surface area (Å²) in [6.07, 6.45) is 5.28. The lowest BCUT2D eigenvalue weighted by Gasteiger charge is -2.09. The zero-order valence-electron chi connectivity index (χ0n) is 13.0. The average molecular weight is 319 g/mol. The van der Waals surface area contributed by atoms with E-state index in [0.717, 1.165) is 24.2 Å². The monoisotopic (exact) mass is 319 g/mol. The number of Topliss-reactive ketones (excluding diaryl/α,β-unsaturated/α-hetero) is 1. The number of rotatable bonds is 4. The van der Waals surface area contributed by atoms with Crippen molar-refractivity contribution in [3.05, 3.63) is 41.5 Å². The summed E-state index contributed by atoms with van der Waals surface area (Å²) in [7, 11) is 0. The van der Waals surface area contributed by atoms with E-state index in [9.17, 15) is 14.4 Å². The van der Waals surface area contributed by atoms with Crippen LogP contribution in [0.2, 0.25) is 0 Å². The van der Waals surface area contributed by atoms with Crippen molar-refractivity contribution in [3.63, 3.8) is 0 Å². The van der Waals surface area contributed by atoms with Gasteiger partial charge in [0.05, 0.1) is 0 Å². The van der Waals surface area contributed by atoms with Gasteiger partial charge >= 0.3 is 11.9 Å². The highest BCUT2D eigenvalue weighted by Crippen LogP contribution is 2.23. The van der Waals surface area contributed by atoms with Gasteiger partial charge in [-0.1, -0.05) is 19.1 Å². The Balaban J connectivity index is 0.000000284. The lowest BCUT2D eigenvalue weighted by molar-refractivity contribution is -0.134. The van der Waals surface area contributed by atoms with Crippen LogP contribution in [-0.4, -0.2) is 34.5 Å². The van der Waals surface area contributed by atoms with Gasteiger partial charge in [0.2, 0.25) is 0 Å². The smallest absolute Gasteiger partial charge is 0.328 e. The van der Waals surface area contributed by atoms with Crippen molar-refractivity contribution < 1.29 is 24.6 Å². The second-order valence-electron chi connectivity index (χ2n) is 5.04. The molecular weight excluding hydrogens is 298 g/mol. The normalized spacial score (nSPS) is 13.1. The Morgan fingerprint density at radius 1 is 1.13 bits per heavy atom. The number of hydrogen-bond donors (Lipinski definition) is 3. The molecule has 0 amide bonds. The molecule has 2 rings (SSSR count). The molecule has 124 valence electrons. The van der Waals surface area contributed by atoms with Gasteiger partial charge in [-0.2, -0.15) is 0 Å². The molecule has 23 heavy (non-hydrogen) atoms. The first kappa shape index (κ1) is 18.4. The van der Waals surface area contributed by atoms with Gasteiger partial charge in [0.25, 0.3) is 0 Å². The number of aryl methyl sites for hydroxylation is 1. The molecule has 0 unspecified atom stereocenters. The Labute approximate surface area is 134 Å². The highest BCUT2D eigenvalue weighted by Gasteiger charge is 2.10. The first-order valence-electron chi connectivity index (χ1n) is 7.48. The van der Waals surface area contributed by atoms with E-state index in [-0.39, 0.29) is 5.78 Å². The van der Waals surface area contributed by atoms with E-state index in [4.69, 9.17) is 10.2 Å². The minimum Gasteiger partial charge on any atom is -0.478 e. The Morgan fingerprint density at radius 3 is 2.35 bits per heavy atom. The van der Waals surface area contributed by atoms with Crippen molar-refractivity contribution in [2.24, 2.45) is 0 Å². The quantitative estimate of drug-likeness (QED) is 0.582.